The molecule has 1 saturated heterocycles. The van der Waals surface area contributed by atoms with Gasteiger partial charge >= 0.3 is 6.18 Å². The van der Waals surface area contributed by atoms with Crippen LogP contribution in [0.1, 0.15) is 23.6 Å². The fourth-order valence-electron chi connectivity index (χ4n) is 1.54. The Labute approximate surface area is 96.3 Å². The summed E-state index contributed by atoms with van der Waals surface area (Å²) in [6.07, 6.45) is -3.71. The summed E-state index contributed by atoms with van der Waals surface area (Å²) in [4.78, 5) is 0. The van der Waals surface area contributed by atoms with Gasteiger partial charge in [-0.05, 0) is 25.1 Å². The minimum atomic E-state index is -4.48. The third kappa shape index (κ3) is 2.47. The molecule has 1 fully saturated rings. The van der Waals surface area contributed by atoms with Crippen molar-refractivity contribution >= 4 is 12.4 Å². The topological polar surface area (TPSA) is 12.0 Å². The number of benzene rings is 1. The van der Waals surface area contributed by atoms with Crippen molar-refractivity contribution in [2.75, 3.05) is 6.54 Å². The Morgan fingerprint density at radius 3 is 2.25 bits per heavy atom. The van der Waals surface area contributed by atoms with Gasteiger partial charge in [-0.25, -0.2) is 4.39 Å². The van der Waals surface area contributed by atoms with E-state index in [-0.39, 0.29) is 18.4 Å². The number of nitrogens with one attached hydrogen (secondary N) is 1. The van der Waals surface area contributed by atoms with Crippen molar-refractivity contribution < 1.29 is 17.6 Å². The highest BCUT2D eigenvalue weighted by Crippen LogP contribution is 2.32. The molecule has 0 saturated carbocycles. The normalized spacial score (nSPS) is 19.9. The van der Waals surface area contributed by atoms with Crippen LogP contribution in [0.2, 0.25) is 0 Å². The molecular weight excluding hydrogens is 246 g/mol. The molecule has 1 nitrogen and oxygen atoms in total. The molecule has 0 spiro atoms. The molecule has 1 aromatic rings. The Kier molecular flexibility index (Phi) is 3.80. The maximum absolute atomic E-state index is 13.3. The van der Waals surface area contributed by atoms with Crippen molar-refractivity contribution in [2.45, 2.75) is 18.6 Å². The second-order valence-corrected chi connectivity index (χ2v) is 3.53. The van der Waals surface area contributed by atoms with Gasteiger partial charge in [-0.2, -0.15) is 13.2 Å². The van der Waals surface area contributed by atoms with Gasteiger partial charge in [0.05, 0.1) is 5.56 Å². The van der Waals surface area contributed by atoms with Gasteiger partial charge in [-0.3, -0.25) is 0 Å². The largest absolute Gasteiger partial charge is 0.416 e. The van der Waals surface area contributed by atoms with Gasteiger partial charge in [0, 0.05) is 11.6 Å². The molecule has 0 aliphatic carbocycles. The Morgan fingerprint density at radius 1 is 1.25 bits per heavy atom. The molecule has 16 heavy (non-hydrogen) atoms. The van der Waals surface area contributed by atoms with Gasteiger partial charge in [-0.1, -0.05) is 6.07 Å². The zero-order chi connectivity index (χ0) is 11.1. The highest BCUT2D eigenvalue weighted by atomic mass is 35.5. The quantitative estimate of drug-likeness (QED) is 0.760. The Bertz CT molecular complexity index is 374. The van der Waals surface area contributed by atoms with Crippen molar-refractivity contribution in [2.24, 2.45) is 0 Å². The Hall–Kier alpha value is -0.810. The SMILES string of the molecule is Cl.Fc1cc(C(F)(F)F)ccc1[C@@H]1CCN1. The smallest absolute Gasteiger partial charge is 0.310 e. The molecule has 0 amide bonds. The molecule has 0 bridgehead atoms. The van der Waals surface area contributed by atoms with Crippen LogP contribution < -0.4 is 5.32 Å². The molecule has 1 aliphatic heterocycles. The van der Waals surface area contributed by atoms with E-state index < -0.39 is 17.6 Å². The molecule has 0 radical (unpaired) electrons. The standard InChI is InChI=1S/C10H9F4N.ClH/c11-8-5-6(10(12,13)14)1-2-7(8)9-3-4-15-9;/h1-2,5,9,15H,3-4H2;1H/t9-;/m0./s1. The lowest BCUT2D eigenvalue weighted by Crippen LogP contribution is -2.35. The van der Waals surface area contributed by atoms with Crippen LogP contribution in [0, 0.1) is 5.82 Å². The van der Waals surface area contributed by atoms with E-state index in [1.165, 1.54) is 6.07 Å². The van der Waals surface area contributed by atoms with Gasteiger partial charge in [-0.15, -0.1) is 12.4 Å². The van der Waals surface area contributed by atoms with Crippen LogP contribution >= 0.6 is 12.4 Å². The third-order valence-corrected chi connectivity index (χ3v) is 2.53. The summed E-state index contributed by atoms with van der Waals surface area (Å²) in [5.41, 5.74) is -0.627. The molecule has 1 heterocycles. The van der Waals surface area contributed by atoms with Gasteiger partial charge < -0.3 is 5.32 Å². The van der Waals surface area contributed by atoms with Crippen molar-refractivity contribution in [1.82, 2.24) is 5.32 Å². The van der Waals surface area contributed by atoms with Crippen molar-refractivity contribution in [3.05, 3.63) is 35.1 Å². The van der Waals surface area contributed by atoms with Gasteiger partial charge in [0.25, 0.3) is 0 Å². The van der Waals surface area contributed by atoms with E-state index in [1.54, 1.807) is 0 Å². The lowest BCUT2D eigenvalue weighted by atomic mass is 9.96. The summed E-state index contributed by atoms with van der Waals surface area (Å²) >= 11 is 0. The summed E-state index contributed by atoms with van der Waals surface area (Å²) in [6.45, 7) is 0.783. The Balaban J connectivity index is 0.00000128. The number of hydrogen-bond acceptors (Lipinski definition) is 1. The molecule has 6 heteroatoms. The monoisotopic (exact) mass is 255 g/mol. The van der Waals surface area contributed by atoms with E-state index in [4.69, 9.17) is 0 Å². The molecule has 1 aliphatic rings. The molecule has 1 atom stereocenters. The minimum absolute atomic E-state index is 0. The van der Waals surface area contributed by atoms with Gasteiger partial charge in [0.1, 0.15) is 5.82 Å². The van der Waals surface area contributed by atoms with Crippen LogP contribution in [-0.2, 0) is 6.18 Å². The molecular formula is C10H10ClF4N. The molecule has 1 N–H and O–H groups in total. The molecule has 1 aromatic carbocycles. The minimum Gasteiger partial charge on any atom is -0.310 e. The van der Waals surface area contributed by atoms with Crippen LogP contribution in [0.3, 0.4) is 0 Å². The van der Waals surface area contributed by atoms with Crippen molar-refractivity contribution in [1.29, 1.82) is 0 Å². The zero-order valence-electron chi connectivity index (χ0n) is 8.14. The van der Waals surface area contributed by atoms with Gasteiger partial charge in [0.15, 0.2) is 0 Å². The predicted molar refractivity (Wildman–Crippen MR) is 54.0 cm³/mol. The summed E-state index contributed by atoms with van der Waals surface area (Å²) in [7, 11) is 0. The van der Waals surface area contributed by atoms with Crippen LogP contribution in [0.4, 0.5) is 17.6 Å². The number of halogens is 5. The number of hydrogen-bond donors (Lipinski definition) is 1. The molecule has 0 unspecified atom stereocenters. The number of rotatable bonds is 1. The fourth-order valence-corrected chi connectivity index (χ4v) is 1.54. The van der Waals surface area contributed by atoms with Crippen LogP contribution in [0.5, 0.6) is 0 Å². The summed E-state index contributed by atoms with van der Waals surface area (Å²) in [6, 6.07) is 2.54. The maximum Gasteiger partial charge on any atom is 0.416 e. The second-order valence-electron chi connectivity index (χ2n) is 3.53. The molecule has 2 rings (SSSR count). The average molecular weight is 256 g/mol. The first-order valence-corrected chi connectivity index (χ1v) is 4.58. The summed E-state index contributed by atoms with van der Waals surface area (Å²) in [5, 5.41) is 2.94. The van der Waals surface area contributed by atoms with Crippen LogP contribution in [0.15, 0.2) is 18.2 Å². The highest BCUT2D eigenvalue weighted by Gasteiger charge is 2.32. The van der Waals surface area contributed by atoms with Crippen LogP contribution in [0.25, 0.3) is 0 Å². The van der Waals surface area contributed by atoms with E-state index >= 15 is 0 Å². The van der Waals surface area contributed by atoms with E-state index in [1.807, 2.05) is 0 Å². The van der Waals surface area contributed by atoms with E-state index in [0.717, 1.165) is 19.0 Å². The van der Waals surface area contributed by atoms with E-state index in [0.29, 0.717) is 11.6 Å². The molecule has 0 aromatic heterocycles. The first-order valence-electron chi connectivity index (χ1n) is 4.58. The highest BCUT2D eigenvalue weighted by molar-refractivity contribution is 5.85. The second kappa shape index (κ2) is 4.59. The molecule has 90 valence electrons. The lowest BCUT2D eigenvalue weighted by Gasteiger charge is -2.28. The summed E-state index contributed by atoms with van der Waals surface area (Å²) in [5.74, 6) is -0.790. The number of alkyl halides is 3. The third-order valence-electron chi connectivity index (χ3n) is 2.53. The predicted octanol–water partition coefficient (Wildman–Crippen LogP) is 3.30. The summed E-state index contributed by atoms with van der Waals surface area (Å²) < 4.78 is 50.0. The maximum atomic E-state index is 13.3. The first-order chi connectivity index (χ1) is 6.98. The van der Waals surface area contributed by atoms with Crippen molar-refractivity contribution in [3.8, 4) is 0 Å². The average Bonchev–Trinajstić information content (AvgIpc) is 2.03. The first kappa shape index (κ1) is 13.3. The fraction of sp³-hybridized carbons (Fsp3) is 0.400. The zero-order valence-corrected chi connectivity index (χ0v) is 8.96. The van der Waals surface area contributed by atoms with Crippen LogP contribution in [-0.4, -0.2) is 6.54 Å². The van der Waals surface area contributed by atoms with E-state index in [2.05, 4.69) is 5.32 Å². The van der Waals surface area contributed by atoms with Gasteiger partial charge in [0.2, 0.25) is 0 Å². The van der Waals surface area contributed by atoms with Crippen molar-refractivity contribution in [3.63, 3.8) is 0 Å². The Morgan fingerprint density at radius 2 is 1.88 bits per heavy atom. The lowest BCUT2D eigenvalue weighted by molar-refractivity contribution is -0.137. The van der Waals surface area contributed by atoms with E-state index in [9.17, 15) is 17.6 Å².